The molecule has 2 N–H and O–H groups in total. The number of hydrogen-bond donors (Lipinski definition) is 2. The lowest BCUT2D eigenvalue weighted by atomic mass is 9.96. The van der Waals surface area contributed by atoms with Gasteiger partial charge >= 0.3 is 18.2 Å². The van der Waals surface area contributed by atoms with Crippen LogP contribution in [0.15, 0.2) is 30.3 Å². The van der Waals surface area contributed by atoms with E-state index in [0.717, 1.165) is 23.3 Å². The summed E-state index contributed by atoms with van der Waals surface area (Å²) in [5.41, 5.74) is 1.04. The number of halogens is 3. The molecule has 0 bridgehead atoms. The number of alkyl halides is 3. The quantitative estimate of drug-likeness (QED) is 0.834. The fourth-order valence-electron chi connectivity index (χ4n) is 3.63. The van der Waals surface area contributed by atoms with E-state index in [-0.39, 0.29) is 18.8 Å². The van der Waals surface area contributed by atoms with Gasteiger partial charge < -0.3 is 20.1 Å². The molecule has 0 spiro atoms. The van der Waals surface area contributed by atoms with Crippen molar-refractivity contribution in [3.63, 3.8) is 0 Å². The van der Waals surface area contributed by atoms with E-state index in [4.69, 9.17) is 9.84 Å². The predicted molar refractivity (Wildman–Crippen MR) is 88.9 cm³/mol. The molecular formula is C18H21F3N2O4. The van der Waals surface area contributed by atoms with Gasteiger partial charge in [-0.25, -0.2) is 4.79 Å². The normalized spacial score (nSPS) is 28.3. The summed E-state index contributed by atoms with van der Waals surface area (Å²) in [6, 6.07) is 8.96. The van der Waals surface area contributed by atoms with Gasteiger partial charge in [0.15, 0.2) is 0 Å². The van der Waals surface area contributed by atoms with Crippen LogP contribution < -0.4 is 5.32 Å². The zero-order valence-electron chi connectivity index (χ0n) is 14.5. The maximum absolute atomic E-state index is 13.0. The van der Waals surface area contributed by atoms with Crippen LogP contribution in [0.25, 0.3) is 0 Å². The Balaban J connectivity index is 1.51. The lowest BCUT2D eigenvalue weighted by Crippen LogP contribution is -2.42. The molecule has 0 saturated carbocycles. The van der Waals surface area contributed by atoms with Crippen molar-refractivity contribution in [1.29, 1.82) is 0 Å². The van der Waals surface area contributed by atoms with E-state index in [1.807, 2.05) is 30.3 Å². The molecule has 6 nitrogen and oxygen atoms in total. The third-order valence-electron chi connectivity index (χ3n) is 5.10. The summed E-state index contributed by atoms with van der Waals surface area (Å²) >= 11 is 0. The topological polar surface area (TPSA) is 78.9 Å². The Bertz CT molecular complexity index is 683. The molecule has 0 aromatic heterocycles. The minimum atomic E-state index is -4.66. The first-order valence-electron chi connectivity index (χ1n) is 8.78. The third kappa shape index (κ3) is 4.52. The smallest absolute Gasteiger partial charge is 0.394 e. The van der Waals surface area contributed by atoms with Crippen molar-refractivity contribution in [1.82, 2.24) is 10.2 Å². The minimum absolute atomic E-state index is 0.0640. The van der Waals surface area contributed by atoms with Crippen LogP contribution in [0.4, 0.5) is 18.0 Å². The molecule has 2 aliphatic rings. The SMILES string of the molecule is O=C(O)[C@@H]1CN(C(=O)NC[C@H]2CC[C@@H](c3ccccc3)O2)C[C@H]1C(F)(F)F. The molecule has 0 aliphatic carbocycles. The molecule has 1 aromatic carbocycles. The van der Waals surface area contributed by atoms with Crippen molar-refractivity contribution in [2.75, 3.05) is 19.6 Å². The number of carbonyl (C=O) groups excluding carboxylic acids is 1. The first-order chi connectivity index (χ1) is 12.8. The van der Waals surface area contributed by atoms with Gasteiger partial charge in [-0.15, -0.1) is 0 Å². The lowest BCUT2D eigenvalue weighted by Gasteiger charge is -2.20. The van der Waals surface area contributed by atoms with Gasteiger partial charge in [0, 0.05) is 19.6 Å². The Morgan fingerprint density at radius 2 is 1.89 bits per heavy atom. The van der Waals surface area contributed by atoms with Crippen molar-refractivity contribution < 1.29 is 32.6 Å². The van der Waals surface area contributed by atoms with Gasteiger partial charge in [-0.3, -0.25) is 4.79 Å². The minimum Gasteiger partial charge on any atom is -0.481 e. The lowest BCUT2D eigenvalue weighted by molar-refractivity contribution is -0.187. The molecule has 4 atom stereocenters. The van der Waals surface area contributed by atoms with Gasteiger partial charge in [0.05, 0.1) is 24.0 Å². The van der Waals surface area contributed by atoms with Crippen LogP contribution in [0.1, 0.15) is 24.5 Å². The Labute approximate surface area is 154 Å². The number of nitrogens with one attached hydrogen (secondary N) is 1. The van der Waals surface area contributed by atoms with Crippen LogP contribution in [-0.4, -0.2) is 53.9 Å². The molecule has 0 radical (unpaired) electrons. The number of carboxylic acid groups (broad SMARTS) is 1. The maximum atomic E-state index is 13.0. The maximum Gasteiger partial charge on any atom is 0.394 e. The summed E-state index contributed by atoms with van der Waals surface area (Å²) in [5, 5.41) is 11.6. The predicted octanol–water partition coefficient (Wildman–Crippen LogP) is 2.81. The molecule has 2 fully saturated rings. The van der Waals surface area contributed by atoms with Crippen LogP contribution in [0, 0.1) is 11.8 Å². The fraction of sp³-hybridized carbons (Fsp3) is 0.556. The van der Waals surface area contributed by atoms with E-state index in [0.29, 0.717) is 0 Å². The average Bonchev–Trinajstić information content (AvgIpc) is 3.27. The van der Waals surface area contributed by atoms with Gasteiger partial charge in [-0.2, -0.15) is 13.2 Å². The van der Waals surface area contributed by atoms with Crippen molar-refractivity contribution in [3.8, 4) is 0 Å². The highest BCUT2D eigenvalue weighted by atomic mass is 19.4. The fourth-order valence-corrected chi connectivity index (χ4v) is 3.63. The molecule has 9 heteroatoms. The van der Waals surface area contributed by atoms with Crippen LogP contribution in [0.3, 0.4) is 0 Å². The van der Waals surface area contributed by atoms with E-state index >= 15 is 0 Å². The van der Waals surface area contributed by atoms with E-state index in [9.17, 15) is 22.8 Å². The number of urea groups is 1. The zero-order valence-corrected chi connectivity index (χ0v) is 14.5. The summed E-state index contributed by atoms with van der Waals surface area (Å²) in [4.78, 5) is 24.2. The number of ether oxygens (including phenoxy) is 1. The number of aliphatic carboxylic acids is 1. The molecule has 1 aromatic rings. The number of nitrogens with zero attached hydrogens (tertiary/aromatic N) is 1. The van der Waals surface area contributed by atoms with E-state index in [2.05, 4.69) is 5.32 Å². The summed E-state index contributed by atoms with van der Waals surface area (Å²) in [6.45, 7) is -0.930. The molecule has 148 valence electrons. The number of rotatable bonds is 4. The van der Waals surface area contributed by atoms with Crippen LogP contribution in [0.2, 0.25) is 0 Å². The van der Waals surface area contributed by atoms with Crippen molar-refractivity contribution in [2.24, 2.45) is 11.8 Å². The highest BCUT2D eigenvalue weighted by Crippen LogP contribution is 2.38. The van der Waals surface area contributed by atoms with Gasteiger partial charge in [0.1, 0.15) is 0 Å². The van der Waals surface area contributed by atoms with Crippen molar-refractivity contribution >= 4 is 12.0 Å². The molecular weight excluding hydrogens is 365 g/mol. The molecule has 2 heterocycles. The van der Waals surface area contributed by atoms with Crippen LogP contribution in [0.5, 0.6) is 0 Å². The largest absolute Gasteiger partial charge is 0.481 e. The van der Waals surface area contributed by atoms with Crippen molar-refractivity contribution in [2.45, 2.75) is 31.2 Å². The Morgan fingerprint density at radius 1 is 1.19 bits per heavy atom. The van der Waals surface area contributed by atoms with E-state index in [1.54, 1.807) is 0 Å². The number of carbonyl (C=O) groups is 2. The van der Waals surface area contributed by atoms with Crippen LogP contribution in [-0.2, 0) is 9.53 Å². The molecule has 27 heavy (non-hydrogen) atoms. The zero-order chi connectivity index (χ0) is 19.6. The summed E-state index contributed by atoms with van der Waals surface area (Å²) < 4.78 is 44.9. The second-order valence-corrected chi connectivity index (χ2v) is 6.92. The second-order valence-electron chi connectivity index (χ2n) is 6.92. The summed E-state index contributed by atoms with van der Waals surface area (Å²) in [7, 11) is 0. The average molecular weight is 386 g/mol. The Kier molecular flexibility index (Phi) is 5.59. The molecule has 3 rings (SSSR count). The van der Waals surface area contributed by atoms with E-state index in [1.165, 1.54) is 0 Å². The second kappa shape index (κ2) is 7.75. The van der Waals surface area contributed by atoms with Gasteiger partial charge in [-0.1, -0.05) is 30.3 Å². The number of likely N-dealkylation sites (tertiary alicyclic amines) is 1. The number of carboxylic acids is 1. The highest BCUT2D eigenvalue weighted by Gasteiger charge is 2.53. The molecule has 2 saturated heterocycles. The Hall–Kier alpha value is -2.29. The number of hydrogen-bond acceptors (Lipinski definition) is 3. The molecule has 0 unspecified atom stereocenters. The van der Waals surface area contributed by atoms with Gasteiger partial charge in [-0.05, 0) is 18.4 Å². The summed E-state index contributed by atoms with van der Waals surface area (Å²) in [5.74, 6) is -5.23. The molecule has 2 amide bonds. The highest BCUT2D eigenvalue weighted by molar-refractivity contribution is 5.77. The van der Waals surface area contributed by atoms with E-state index < -0.39 is 43.1 Å². The third-order valence-corrected chi connectivity index (χ3v) is 5.10. The van der Waals surface area contributed by atoms with Crippen LogP contribution >= 0.6 is 0 Å². The van der Waals surface area contributed by atoms with Crippen molar-refractivity contribution in [3.05, 3.63) is 35.9 Å². The monoisotopic (exact) mass is 386 g/mol. The number of amides is 2. The first kappa shape index (κ1) is 19.5. The summed E-state index contributed by atoms with van der Waals surface area (Å²) in [6.07, 6.45) is -3.43. The number of benzene rings is 1. The Morgan fingerprint density at radius 3 is 2.48 bits per heavy atom. The first-order valence-corrected chi connectivity index (χ1v) is 8.78. The van der Waals surface area contributed by atoms with Gasteiger partial charge in [0.25, 0.3) is 0 Å². The molecule has 2 aliphatic heterocycles. The standard InChI is InChI=1S/C18H21F3N2O4/c19-18(20,21)14-10-23(9-13(14)16(24)25)17(26)22-8-12-6-7-15(27-12)11-4-2-1-3-5-11/h1-5,12-15H,6-10H2,(H,22,26)(H,24,25)/t12-,13-,14-,15+/m1/s1. The van der Waals surface area contributed by atoms with Gasteiger partial charge in [0.2, 0.25) is 0 Å².